The van der Waals surface area contributed by atoms with E-state index in [9.17, 15) is 4.79 Å². The molecule has 8 heteroatoms. The second-order valence-electron chi connectivity index (χ2n) is 7.68. The molecule has 2 aliphatic heterocycles. The first-order valence-corrected chi connectivity index (χ1v) is 9.60. The molecule has 0 saturated carbocycles. The van der Waals surface area contributed by atoms with E-state index in [0.717, 1.165) is 42.1 Å². The maximum absolute atomic E-state index is 12.9. The molecule has 0 unspecified atom stereocenters. The van der Waals surface area contributed by atoms with Crippen molar-refractivity contribution in [2.75, 3.05) is 5.32 Å². The van der Waals surface area contributed by atoms with Crippen LogP contribution in [0, 0.1) is 6.92 Å². The van der Waals surface area contributed by atoms with Gasteiger partial charge in [-0.15, -0.1) is 0 Å². The van der Waals surface area contributed by atoms with Gasteiger partial charge in [0.25, 0.3) is 0 Å². The van der Waals surface area contributed by atoms with Crippen LogP contribution >= 0.6 is 0 Å². The summed E-state index contributed by atoms with van der Waals surface area (Å²) in [5.41, 5.74) is 7.69. The molecule has 5 rings (SSSR count). The second kappa shape index (κ2) is 6.56. The fraction of sp³-hybridized carbons (Fsp3) is 0.400. The molecular weight excluding hydrogens is 356 g/mol. The van der Waals surface area contributed by atoms with Crippen molar-refractivity contribution in [3.8, 4) is 11.3 Å². The monoisotopic (exact) mass is 378 g/mol. The van der Waals surface area contributed by atoms with Crippen molar-refractivity contribution in [3.05, 3.63) is 36.6 Å². The van der Waals surface area contributed by atoms with Crippen LogP contribution in [0.5, 0.6) is 0 Å². The van der Waals surface area contributed by atoms with E-state index in [2.05, 4.69) is 20.3 Å². The van der Waals surface area contributed by atoms with Gasteiger partial charge in [0.15, 0.2) is 11.7 Å². The summed E-state index contributed by atoms with van der Waals surface area (Å²) in [6.07, 6.45) is 8.89. The van der Waals surface area contributed by atoms with Crippen molar-refractivity contribution >= 4 is 22.8 Å². The number of pyridine rings is 2. The molecular formula is C20H22N6O2. The number of aryl methyl sites for hydroxylation is 1. The van der Waals surface area contributed by atoms with Gasteiger partial charge in [-0.1, -0.05) is 0 Å². The third-order valence-corrected chi connectivity index (χ3v) is 5.71. The Labute approximate surface area is 162 Å². The Morgan fingerprint density at radius 2 is 1.93 bits per heavy atom. The highest BCUT2D eigenvalue weighted by molar-refractivity contribution is 5.92. The van der Waals surface area contributed by atoms with Crippen LogP contribution in [-0.4, -0.2) is 44.0 Å². The van der Waals surface area contributed by atoms with Gasteiger partial charge in [0, 0.05) is 42.2 Å². The Morgan fingerprint density at radius 1 is 1.14 bits per heavy atom. The zero-order valence-corrected chi connectivity index (χ0v) is 15.6. The number of urea groups is 1. The number of carbonyl (C=O) groups excluding carboxylic acids is 1. The van der Waals surface area contributed by atoms with Crippen molar-refractivity contribution < 1.29 is 9.21 Å². The average molecular weight is 378 g/mol. The number of hydrogen-bond acceptors (Lipinski definition) is 6. The van der Waals surface area contributed by atoms with Crippen molar-refractivity contribution in [2.45, 2.75) is 50.7 Å². The molecule has 2 fully saturated rings. The Balaban J connectivity index is 1.39. The molecule has 0 aliphatic carbocycles. The SMILES string of the molecule is Cc1ncc(-c2cnc3cnc(NC(=O)N4[C@@H]5CC[C@H]4C[C@H](N)C5)cc3c2)o1. The molecule has 144 valence electrons. The molecule has 2 bridgehead atoms. The third kappa shape index (κ3) is 2.99. The number of rotatable bonds is 2. The zero-order valence-electron chi connectivity index (χ0n) is 15.6. The molecule has 28 heavy (non-hydrogen) atoms. The quantitative estimate of drug-likeness (QED) is 0.709. The number of anilines is 1. The van der Waals surface area contributed by atoms with Crippen LogP contribution in [0.25, 0.3) is 22.2 Å². The highest BCUT2D eigenvalue weighted by Crippen LogP contribution is 2.35. The number of carbonyl (C=O) groups is 1. The molecule has 0 aromatic carbocycles. The largest absolute Gasteiger partial charge is 0.441 e. The number of nitrogens with zero attached hydrogens (tertiary/aromatic N) is 4. The van der Waals surface area contributed by atoms with E-state index in [-0.39, 0.29) is 24.2 Å². The summed E-state index contributed by atoms with van der Waals surface area (Å²) in [5, 5.41) is 3.83. The van der Waals surface area contributed by atoms with Gasteiger partial charge in [-0.05, 0) is 37.8 Å². The van der Waals surface area contributed by atoms with Crippen LogP contribution in [0.2, 0.25) is 0 Å². The summed E-state index contributed by atoms with van der Waals surface area (Å²) in [5.74, 6) is 1.78. The van der Waals surface area contributed by atoms with E-state index in [1.165, 1.54) is 0 Å². The van der Waals surface area contributed by atoms with E-state index in [0.29, 0.717) is 17.5 Å². The summed E-state index contributed by atoms with van der Waals surface area (Å²) in [4.78, 5) is 27.7. The molecule has 0 spiro atoms. The summed E-state index contributed by atoms with van der Waals surface area (Å²) in [6.45, 7) is 1.80. The van der Waals surface area contributed by atoms with Crippen LogP contribution in [0.15, 0.2) is 35.1 Å². The number of oxazole rings is 1. The molecule has 3 atom stereocenters. The van der Waals surface area contributed by atoms with E-state index < -0.39 is 0 Å². The van der Waals surface area contributed by atoms with Gasteiger partial charge in [-0.2, -0.15) is 0 Å². The van der Waals surface area contributed by atoms with E-state index >= 15 is 0 Å². The molecule has 2 saturated heterocycles. The minimum Gasteiger partial charge on any atom is -0.441 e. The topological polar surface area (TPSA) is 110 Å². The molecule has 3 aromatic rings. The first kappa shape index (κ1) is 17.1. The number of nitrogens with two attached hydrogens (primary N) is 1. The number of amides is 2. The van der Waals surface area contributed by atoms with Crippen molar-refractivity contribution in [2.24, 2.45) is 5.73 Å². The van der Waals surface area contributed by atoms with Gasteiger partial charge in [-0.3, -0.25) is 10.3 Å². The first-order chi connectivity index (χ1) is 13.6. The van der Waals surface area contributed by atoms with Gasteiger partial charge in [0.1, 0.15) is 5.82 Å². The van der Waals surface area contributed by atoms with Crippen molar-refractivity contribution in [1.29, 1.82) is 0 Å². The molecule has 8 nitrogen and oxygen atoms in total. The fourth-order valence-corrected chi connectivity index (χ4v) is 4.45. The minimum absolute atomic E-state index is 0.0961. The smallest absolute Gasteiger partial charge is 0.323 e. The zero-order chi connectivity index (χ0) is 19.3. The maximum atomic E-state index is 12.9. The van der Waals surface area contributed by atoms with Gasteiger partial charge < -0.3 is 15.1 Å². The van der Waals surface area contributed by atoms with Crippen LogP contribution < -0.4 is 11.1 Å². The lowest BCUT2D eigenvalue weighted by molar-refractivity contribution is 0.150. The summed E-state index contributed by atoms with van der Waals surface area (Å²) >= 11 is 0. The minimum atomic E-state index is -0.0961. The number of nitrogens with one attached hydrogen (secondary N) is 1. The predicted molar refractivity (Wildman–Crippen MR) is 105 cm³/mol. The number of piperidine rings is 1. The number of aromatic nitrogens is 3. The molecule has 0 radical (unpaired) electrons. The van der Waals surface area contributed by atoms with Gasteiger partial charge in [0.2, 0.25) is 0 Å². The highest BCUT2D eigenvalue weighted by Gasteiger charge is 2.42. The normalized spacial score (nSPS) is 23.9. The Hall–Kier alpha value is -3.00. The predicted octanol–water partition coefficient (Wildman–Crippen LogP) is 3.08. The summed E-state index contributed by atoms with van der Waals surface area (Å²) in [6, 6.07) is 4.37. The van der Waals surface area contributed by atoms with Gasteiger partial charge >= 0.3 is 6.03 Å². The molecule has 2 amide bonds. The van der Waals surface area contributed by atoms with E-state index in [4.69, 9.17) is 10.2 Å². The van der Waals surface area contributed by atoms with Crippen LogP contribution in [-0.2, 0) is 0 Å². The van der Waals surface area contributed by atoms with Crippen LogP contribution in [0.1, 0.15) is 31.6 Å². The van der Waals surface area contributed by atoms with Crippen LogP contribution in [0.3, 0.4) is 0 Å². The Bertz CT molecular complexity index is 1030. The lowest BCUT2D eigenvalue weighted by Gasteiger charge is -2.37. The number of fused-ring (bicyclic) bond motifs is 3. The summed E-state index contributed by atoms with van der Waals surface area (Å²) < 4.78 is 5.58. The summed E-state index contributed by atoms with van der Waals surface area (Å²) in [7, 11) is 0. The van der Waals surface area contributed by atoms with Gasteiger partial charge in [-0.25, -0.2) is 14.8 Å². The maximum Gasteiger partial charge on any atom is 0.323 e. The number of hydrogen-bond donors (Lipinski definition) is 2. The van der Waals surface area contributed by atoms with Crippen molar-refractivity contribution in [1.82, 2.24) is 19.9 Å². The molecule has 2 aliphatic rings. The standard InChI is InChI=1S/C20H22N6O2/c1-11-22-10-18(28-11)13-4-12-5-19(24-9-17(12)23-8-13)25-20(27)26-15-2-3-16(26)7-14(21)6-15/h4-5,8-10,14-16H,2-3,6-7,21H2,1H3,(H,24,25,27)/t14-,15-,16+. The van der Waals surface area contributed by atoms with Crippen molar-refractivity contribution in [3.63, 3.8) is 0 Å². The third-order valence-electron chi connectivity index (χ3n) is 5.71. The van der Waals surface area contributed by atoms with Gasteiger partial charge in [0.05, 0.1) is 17.9 Å². The average Bonchev–Trinajstić information content (AvgIpc) is 3.22. The second-order valence-corrected chi connectivity index (χ2v) is 7.68. The lowest BCUT2D eigenvalue weighted by Crippen LogP contribution is -2.51. The van der Waals surface area contributed by atoms with E-state index in [1.54, 1.807) is 25.5 Å². The highest BCUT2D eigenvalue weighted by atomic mass is 16.4. The Morgan fingerprint density at radius 3 is 2.64 bits per heavy atom. The Kier molecular flexibility index (Phi) is 4.01. The molecule has 5 heterocycles. The lowest BCUT2D eigenvalue weighted by atomic mass is 9.99. The molecule has 3 aromatic heterocycles. The molecule has 3 N–H and O–H groups in total. The van der Waals surface area contributed by atoms with Crippen LogP contribution in [0.4, 0.5) is 10.6 Å². The fourth-order valence-electron chi connectivity index (χ4n) is 4.45. The first-order valence-electron chi connectivity index (χ1n) is 9.60. The van der Waals surface area contributed by atoms with E-state index in [1.807, 2.05) is 17.0 Å².